The van der Waals surface area contributed by atoms with Crippen molar-refractivity contribution >= 4 is 37.4 Å². The summed E-state index contributed by atoms with van der Waals surface area (Å²) in [5, 5.41) is 3.23. The van der Waals surface area contributed by atoms with Crippen LogP contribution in [-0.2, 0) is 21.2 Å². The third kappa shape index (κ3) is 3.95. The Bertz CT molecular complexity index is 1020. The first kappa shape index (κ1) is 18.6. The molecule has 1 unspecified atom stereocenters. The van der Waals surface area contributed by atoms with Crippen molar-refractivity contribution in [3.05, 3.63) is 65.0 Å². The van der Waals surface area contributed by atoms with Gasteiger partial charge in [0.1, 0.15) is 0 Å². The number of rotatable bonds is 6. The van der Waals surface area contributed by atoms with E-state index in [1.54, 1.807) is 11.3 Å². The van der Waals surface area contributed by atoms with Gasteiger partial charge in [0, 0.05) is 10.7 Å². The Morgan fingerprint density at radius 1 is 1.15 bits per heavy atom. The molecule has 26 heavy (non-hydrogen) atoms. The summed E-state index contributed by atoms with van der Waals surface area (Å²) in [6.45, 7) is 1.84. The molecule has 0 bridgehead atoms. The summed E-state index contributed by atoms with van der Waals surface area (Å²) in [6, 6.07) is 13.5. The fourth-order valence-electron chi connectivity index (χ4n) is 2.78. The topological polar surface area (TPSA) is 72.5 Å². The van der Waals surface area contributed by atoms with Gasteiger partial charge in [-0.25, -0.2) is 17.9 Å². The molecule has 1 heterocycles. The Morgan fingerprint density at radius 3 is 2.54 bits per heavy atom. The zero-order valence-corrected chi connectivity index (χ0v) is 16.1. The number of methoxy groups -OCH3 is 1. The summed E-state index contributed by atoms with van der Waals surface area (Å²) in [5.74, 6) is -0.500. The maximum atomic E-state index is 12.6. The van der Waals surface area contributed by atoms with Crippen LogP contribution in [0.25, 0.3) is 10.1 Å². The minimum Gasteiger partial charge on any atom is -0.465 e. The second-order valence-corrected chi connectivity index (χ2v) is 8.62. The molecule has 0 aliphatic carbocycles. The first-order valence-electron chi connectivity index (χ1n) is 8.06. The largest absolute Gasteiger partial charge is 0.465 e. The van der Waals surface area contributed by atoms with E-state index in [0.29, 0.717) is 12.0 Å². The molecule has 3 aromatic rings. The van der Waals surface area contributed by atoms with Crippen molar-refractivity contribution in [1.29, 1.82) is 0 Å². The second-order valence-electron chi connectivity index (χ2n) is 6.00. The number of nitrogens with one attached hydrogen (secondary N) is 1. The van der Waals surface area contributed by atoms with Gasteiger partial charge >= 0.3 is 5.97 Å². The van der Waals surface area contributed by atoms with Gasteiger partial charge in [0.15, 0.2) is 0 Å². The first-order chi connectivity index (χ1) is 12.4. The molecule has 0 radical (unpaired) electrons. The Morgan fingerprint density at radius 2 is 1.85 bits per heavy atom. The maximum Gasteiger partial charge on any atom is 0.337 e. The highest BCUT2D eigenvalue weighted by Crippen LogP contribution is 2.26. The van der Waals surface area contributed by atoms with Gasteiger partial charge < -0.3 is 4.74 Å². The van der Waals surface area contributed by atoms with Crippen molar-refractivity contribution in [1.82, 2.24) is 4.72 Å². The zero-order chi connectivity index (χ0) is 18.7. The van der Waals surface area contributed by atoms with E-state index in [9.17, 15) is 13.2 Å². The molecule has 1 atom stereocenters. The zero-order valence-electron chi connectivity index (χ0n) is 14.4. The summed E-state index contributed by atoms with van der Waals surface area (Å²) in [7, 11) is -2.38. The molecule has 136 valence electrons. The van der Waals surface area contributed by atoms with Crippen LogP contribution in [0.2, 0.25) is 0 Å². The Hall–Kier alpha value is -2.22. The van der Waals surface area contributed by atoms with Crippen LogP contribution in [0.5, 0.6) is 0 Å². The number of benzene rings is 2. The number of carbonyl (C=O) groups excluding carboxylic acids is 1. The lowest BCUT2D eigenvalue weighted by Gasteiger charge is -2.14. The molecule has 0 saturated carbocycles. The Balaban J connectivity index is 1.73. The van der Waals surface area contributed by atoms with Gasteiger partial charge in [-0.05, 0) is 60.0 Å². The van der Waals surface area contributed by atoms with Crippen LogP contribution in [0.1, 0.15) is 22.8 Å². The van der Waals surface area contributed by atoms with Crippen LogP contribution in [0.3, 0.4) is 0 Å². The third-order valence-corrected chi connectivity index (χ3v) is 6.65. The van der Waals surface area contributed by atoms with Gasteiger partial charge in [0.2, 0.25) is 10.0 Å². The third-order valence-electron chi connectivity index (χ3n) is 4.03. The predicted octanol–water partition coefficient (Wildman–Crippen LogP) is 3.60. The van der Waals surface area contributed by atoms with Gasteiger partial charge in [-0.15, -0.1) is 11.3 Å². The van der Waals surface area contributed by atoms with Crippen LogP contribution in [0.15, 0.2) is 58.8 Å². The van der Waals surface area contributed by atoms with Gasteiger partial charge in [0.25, 0.3) is 0 Å². The van der Waals surface area contributed by atoms with E-state index in [0.717, 1.165) is 10.9 Å². The number of carbonyl (C=O) groups is 1. The van der Waals surface area contributed by atoms with E-state index in [-0.39, 0.29) is 10.9 Å². The smallest absolute Gasteiger partial charge is 0.337 e. The average Bonchev–Trinajstić information content (AvgIpc) is 3.03. The summed E-state index contributed by atoms with van der Waals surface area (Å²) >= 11 is 1.66. The minimum absolute atomic E-state index is 0.118. The molecule has 0 fully saturated rings. The summed E-state index contributed by atoms with van der Waals surface area (Å²) < 4.78 is 33.6. The number of hydrogen-bond acceptors (Lipinski definition) is 5. The molecular formula is C19H19NO4S2. The fourth-order valence-corrected chi connectivity index (χ4v) is 5.00. The van der Waals surface area contributed by atoms with Crippen molar-refractivity contribution in [3.8, 4) is 0 Å². The molecule has 5 nitrogen and oxygen atoms in total. The molecule has 0 saturated heterocycles. The number of esters is 1. The highest BCUT2D eigenvalue weighted by molar-refractivity contribution is 7.89. The normalized spacial score (nSPS) is 12.8. The SMILES string of the molecule is COC(=O)c1ccc(S(=O)(=O)NC(C)Cc2csc3ccccc23)cc1. The molecule has 1 N–H and O–H groups in total. The molecule has 0 aliphatic heterocycles. The van der Waals surface area contributed by atoms with Crippen molar-refractivity contribution in [2.45, 2.75) is 24.3 Å². The lowest BCUT2D eigenvalue weighted by molar-refractivity contribution is 0.0600. The number of thiophene rings is 1. The molecule has 0 amide bonds. The predicted molar refractivity (Wildman–Crippen MR) is 103 cm³/mol. The van der Waals surface area contributed by atoms with Crippen molar-refractivity contribution in [2.75, 3.05) is 7.11 Å². The van der Waals surface area contributed by atoms with E-state index >= 15 is 0 Å². The summed E-state index contributed by atoms with van der Waals surface area (Å²) in [5.41, 5.74) is 1.44. The monoisotopic (exact) mass is 389 g/mol. The van der Waals surface area contributed by atoms with Gasteiger partial charge in [-0.2, -0.15) is 0 Å². The minimum atomic E-state index is -3.66. The van der Waals surface area contributed by atoms with Crippen LogP contribution < -0.4 is 4.72 Å². The molecule has 0 aliphatic rings. The number of ether oxygens (including phenoxy) is 1. The highest BCUT2D eigenvalue weighted by atomic mass is 32.2. The quantitative estimate of drug-likeness (QED) is 0.654. The molecule has 1 aromatic heterocycles. The van der Waals surface area contributed by atoms with Gasteiger partial charge in [0.05, 0.1) is 17.6 Å². The summed E-state index contributed by atoms with van der Waals surface area (Å²) in [6.07, 6.45) is 0.601. The maximum absolute atomic E-state index is 12.6. The van der Waals surface area contributed by atoms with Gasteiger partial charge in [-0.1, -0.05) is 18.2 Å². The van der Waals surface area contributed by atoms with Crippen molar-refractivity contribution in [3.63, 3.8) is 0 Å². The van der Waals surface area contributed by atoms with E-state index in [1.165, 1.54) is 36.1 Å². The Labute approximate surface area is 156 Å². The van der Waals surface area contributed by atoms with Crippen LogP contribution in [-0.4, -0.2) is 27.5 Å². The lowest BCUT2D eigenvalue weighted by Crippen LogP contribution is -2.34. The van der Waals surface area contributed by atoms with E-state index < -0.39 is 16.0 Å². The van der Waals surface area contributed by atoms with Gasteiger partial charge in [-0.3, -0.25) is 0 Å². The lowest BCUT2D eigenvalue weighted by atomic mass is 10.1. The van der Waals surface area contributed by atoms with E-state index in [2.05, 4.69) is 20.9 Å². The molecular weight excluding hydrogens is 370 g/mol. The van der Waals surface area contributed by atoms with E-state index in [1.807, 2.05) is 25.1 Å². The number of sulfonamides is 1. The summed E-state index contributed by atoms with van der Waals surface area (Å²) in [4.78, 5) is 11.6. The van der Waals surface area contributed by atoms with Crippen LogP contribution in [0, 0.1) is 0 Å². The average molecular weight is 389 g/mol. The fraction of sp³-hybridized carbons (Fsp3) is 0.211. The molecule has 2 aromatic carbocycles. The van der Waals surface area contributed by atoms with E-state index in [4.69, 9.17) is 0 Å². The number of hydrogen-bond donors (Lipinski definition) is 1. The van der Waals surface area contributed by atoms with Crippen molar-refractivity contribution < 1.29 is 17.9 Å². The van der Waals surface area contributed by atoms with Crippen molar-refractivity contribution in [2.24, 2.45) is 0 Å². The highest BCUT2D eigenvalue weighted by Gasteiger charge is 2.19. The standard InChI is InChI=1S/C19H19NO4S2/c1-13(11-15-12-25-18-6-4-3-5-17(15)18)20-26(22,23)16-9-7-14(8-10-16)19(21)24-2/h3-10,12-13,20H,11H2,1-2H3. The molecule has 3 rings (SSSR count). The molecule has 7 heteroatoms. The van der Waals surface area contributed by atoms with Crippen LogP contribution in [0.4, 0.5) is 0 Å². The molecule has 0 spiro atoms. The first-order valence-corrected chi connectivity index (χ1v) is 10.4. The number of fused-ring (bicyclic) bond motifs is 1. The Kier molecular flexibility index (Phi) is 5.41. The second kappa shape index (κ2) is 7.57. The van der Waals surface area contributed by atoms with Crippen LogP contribution >= 0.6 is 11.3 Å².